The third-order valence-corrected chi connectivity index (χ3v) is 5.96. The van der Waals surface area contributed by atoms with Gasteiger partial charge in [0.05, 0.1) is 17.7 Å². The first kappa shape index (κ1) is 24.0. The predicted molar refractivity (Wildman–Crippen MR) is 132 cm³/mol. The topological polar surface area (TPSA) is 80.5 Å². The summed E-state index contributed by atoms with van der Waals surface area (Å²) in [6, 6.07) is 14.8. The zero-order chi connectivity index (χ0) is 24.2. The molecule has 4 rings (SSSR count). The summed E-state index contributed by atoms with van der Waals surface area (Å²) in [7, 11) is 0. The van der Waals surface area contributed by atoms with Crippen LogP contribution in [0.25, 0.3) is 17.0 Å². The lowest BCUT2D eigenvalue weighted by Crippen LogP contribution is -2.46. The van der Waals surface area contributed by atoms with Gasteiger partial charge >= 0.3 is 6.03 Å². The summed E-state index contributed by atoms with van der Waals surface area (Å²) in [6.45, 7) is 9.03. The Morgan fingerprint density at radius 2 is 1.94 bits per heavy atom. The highest BCUT2D eigenvalue weighted by Crippen LogP contribution is 2.37. The zero-order valence-corrected chi connectivity index (χ0v) is 20.6. The summed E-state index contributed by atoms with van der Waals surface area (Å²) >= 11 is 6.14. The summed E-state index contributed by atoms with van der Waals surface area (Å²) in [4.78, 5) is 19.5. The Labute approximate surface area is 204 Å². The van der Waals surface area contributed by atoms with Gasteiger partial charge in [-0.2, -0.15) is 4.98 Å². The Morgan fingerprint density at radius 3 is 2.65 bits per heavy atom. The molecule has 1 aliphatic heterocycles. The molecule has 1 N–H and O–H groups in total. The van der Waals surface area contributed by atoms with Crippen LogP contribution in [0.15, 0.2) is 58.8 Å². The van der Waals surface area contributed by atoms with E-state index in [1.54, 1.807) is 17.0 Å². The first-order valence-corrected chi connectivity index (χ1v) is 11.8. The van der Waals surface area contributed by atoms with E-state index in [1.807, 2.05) is 64.1 Å². The van der Waals surface area contributed by atoms with E-state index in [0.29, 0.717) is 36.3 Å². The van der Waals surface area contributed by atoms with E-state index >= 15 is 0 Å². The van der Waals surface area contributed by atoms with E-state index in [2.05, 4.69) is 15.5 Å². The number of ether oxygens (including phenoxy) is 1. The molecule has 0 fully saturated rings. The SMILES string of the molecule is CC1=C(c2nc(-c3cccc(Cl)c3)no2)C(c2ccc(C)cc2)NC(=O)N1CCCOC(C)C. The lowest BCUT2D eigenvalue weighted by atomic mass is 9.94. The number of allylic oxidation sites excluding steroid dienone is 1. The molecular weight excluding hydrogens is 452 g/mol. The fourth-order valence-corrected chi connectivity index (χ4v) is 4.15. The van der Waals surface area contributed by atoms with Gasteiger partial charge in [-0.05, 0) is 51.8 Å². The lowest BCUT2D eigenvalue weighted by molar-refractivity contribution is 0.0736. The molecule has 1 aliphatic rings. The van der Waals surface area contributed by atoms with Crippen LogP contribution >= 0.6 is 11.6 Å². The number of nitrogens with zero attached hydrogens (tertiary/aromatic N) is 3. The van der Waals surface area contributed by atoms with Crippen molar-refractivity contribution in [1.82, 2.24) is 20.4 Å². The number of aromatic nitrogens is 2. The molecule has 0 saturated carbocycles. The number of carbonyl (C=O) groups excluding carboxylic acids is 1. The van der Waals surface area contributed by atoms with Gasteiger partial charge in [-0.25, -0.2) is 4.79 Å². The normalized spacial score (nSPS) is 16.4. The number of hydrogen-bond donors (Lipinski definition) is 1. The van der Waals surface area contributed by atoms with Crippen molar-refractivity contribution >= 4 is 23.2 Å². The number of halogens is 1. The van der Waals surface area contributed by atoms with Crippen molar-refractivity contribution in [2.45, 2.75) is 46.3 Å². The number of nitrogens with one attached hydrogen (secondary N) is 1. The Hall–Kier alpha value is -3.16. The Morgan fingerprint density at radius 1 is 1.18 bits per heavy atom. The van der Waals surface area contributed by atoms with Gasteiger partial charge in [0.15, 0.2) is 0 Å². The maximum absolute atomic E-state index is 13.1. The standard InChI is InChI=1S/C26H29ClN4O3/c1-16(2)33-14-6-13-31-18(4)22(23(28-26(31)32)19-11-9-17(3)10-12-19)25-29-24(30-34-25)20-7-5-8-21(27)15-20/h5,7-12,15-16,23H,6,13-14H2,1-4H3,(H,28,32). The molecule has 0 aliphatic carbocycles. The van der Waals surface area contributed by atoms with E-state index in [4.69, 9.17) is 20.9 Å². The summed E-state index contributed by atoms with van der Waals surface area (Å²) in [6.07, 6.45) is 0.861. The van der Waals surface area contributed by atoms with E-state index in [1.165, 1.54) is 0 Å². The van der Waals surface area contributed by atoms with E-state index in [0.717, 1.165) is 28.0 Å². The van der Waals surface area contributed by atoms with Crippen LogP contribution in [0, 0.1) is 6.92 Å². The van der Waals surface area contributed by atoms with Crippen LogP contribution in [0.5, 0.6) is 0 Å². The van der Waals surface area contributed by atoms with Gasteiger partial charge in [-0.15, -0.1) is 0 Å². The number of urea groups is 1. The molecule has 2 aromatic carbocycles. The summed E-state index contributed by atoms with van der Waals surface area (Å²) in [5.74, 6) is 0.802. The Bertz CT molecular complexity index is 1190. The minimum absolute atomic E-state index is 0.150. The first-order chi connectivity index (χ1) is 16.3. The van der Waals surface area contributed by atoms with Gasteiger partial charge in [0.1, 0.15) is 0 Å². The number of rotatable bonds is 8. The van der Waals surface area contributed by atoms with Crippen LogP contribution in [0.3, 0.4) is 0 Å². The van der Waals surface area contributed by atoms with Gasteiger partial charge in [0, 0.05) is 29.4 Å². The molecule has 0 spiro atoms. The molecule has 0 bridgehead atoms. The van der Waals surface area contributed by atoms with E-state index in [9.17, 15) is 4.79 Å². The van der Waals surface area contributed by atoms with Gasteiger partial charge in [0.2, 0.25) is 5.82 Å². The third kappa shape index (κ3) is 5.32. The molecule has 7 nitrogen and oxygen atoms in total. The van der Waals surface area contributed by atoms with Crippen molar-refractivity contribution in [1.29, 1.82) is 0 Å². The van der Waals surface area contributed by atoms with Crippen molar-refractivity contribution < 1.29 is 14.1 Å². The van der Waals surface area contributed by atoms with Gasteiger partial charge in [-0.1, -0.05) is 58.7 Å². The van der Waals surface area contributed by atoms with Crippen LogP contribution in [0.4, 0.5) is 4.79 Å². The van der Waals surface area contributed by atoms with Crippen molar-refractivity contribution in [3.05, 3.63) is 76.3 Å². The maximum Gasteiger partial charge on any atom is 0.322 e. The fourth-order valence-electron chi connectivity index (χ4n) is 3.96. The highest BCUT2D eigenvalue weighted by Gasteiger charge is 2.35. The number of hydrogen-bond acceptors (Lipinski definition) is 5. The zero-order valence-electron chi connectivity index (χ0n) is 19.8. The molecule has 1 atom stereocenters. The van der Waals surface area contributed by atoms with Crippen molar-refractivity contribution in [2.24, 2.45) is 0 Å². The van der Waals surface area contributed by atoms with Gasteiger partial charge < -0.3 is 14.6 Å². The van der Waals surface area contributed by atoms with Crippen molar-refractivity contribution in [3.8, 4) is 11.4 Å². The molecule has 0 radical (unpaired) electrons. The van der Waals surface area contributed by atoms with Crippen LogP contribution in [-0.2, 0) is 4.74 Å². The molecule has 3 aromatic rings. The monoisotopic (exact) mass is 480 g/mol. The highest BCUT2D eigenvalue weighted by molar-refractivity contribution is 6.30. The van der Waals surface area contributed by atoms with E-state index in [-0.39, 0.29) is 12.1 Å². The first-order valence-electron chi connectivity index (χ1n) is 11.4. The number of carbonyl (C=O) groups is 1. The second kappa shape index (κ2) is 10.4. The smallest absolute Gasteiger partial charge is 0.322 e. The van der Waals surface area contributed by atoms with E-state index < -0.39 is 6.04 Å². The van der Waals surface area contributed by atoms with Crippen molar-refractivity contribution in [2.75, 3.05) is 13.2 Å². The average Bonchev–Trinajstić information content (AvgIpc) is 3.28. The Kier molecular flexibility index (Phi) is 7.34. The number of amides is 2. The summed E-state index contributed by atoms with van der Waals surface area (Å²) in [5.41, 5.74) is 4.39. The van der Waals surface area contributed by atoms with Gasteiger partial charge in [-0.3, -0.25) is 4.90 Å². The molecule has 8 heteroatoms. The average molecular weight is 481 g/mol. The molecule has 2 amide bonds. The second-order valence-electron chi connectivity index (χ2n) is 8.65. The maximum atomic E-state index is 13.1. The Balaban J connectivity index is 1.71. The molecular formula is C26H29ClN4O3. The summed E-state index contributed by atoms with van der Waals surface area (Å²) in [5, 5.41) is 7.91. The number of benzene rings is 2. The largest absolute Gasteiger partial charge is 0.379 e. The van der Waals surface area contributed by atoms with Gasteiger partial charge in [0.25, 0.3) is 5.89 Å². The highest BCUT2D eigenvalue weighted by atomic mass is 35.5. The second-order valence-corrected chi connectivity index (χ2v) is 9.09. The van der Waals surface area contributed by atoms with Crippen LogP contribution in [0.2, 0.25) is 5.02 Å². The summed E-state index contributed by atoms with van der Waals surface area (Å²) < 4.78 is 11.4. The lowest BCUT2D eigenvalue weighted by Gasteiger charge is -2.35. The fraction of sp³-hybridized carbons (Fsp3) is 0.346. The molecule has 178 valence electrons. The quantitative estimate of drug-likeness (QED) is 0.399. The molecule has 34 heavy (non-hydrogen) atoms. The van der Waals surface area contributed by atoms with Crippen LogP contribution < -0.4 is 5.32 Å². The van der Waals surface area contributed by atoms with Crippen LogP contribution in [-0.4, -0.2) is 40.3 Å². The number of aryl methyl sites for hydroxylation is 1. The molecule has 1 aromatic heterocycles. The molecule has 0 saturated heterocycles. The predicted octanol–water partition coefficient (Wildman–Crippen LogP) is 6.01. The van der Waals surface area contributed by atoms with Crippen molar-refractivity contribution in [3.63, 3.8) is 0 Å². The minimum Gasteiger partial charge on any atom is -0.379 e. The molecule has 1 unspecified atom stereocenters. The molecule has 2 heterocycles. The minimum atomic E-state index is -0.413. The van der Waals surface area contributed by atoms with Crippen LogP contribution in [0.1, 0.15) is 50.3 Å². The third-order valence-electron chi connectivity index (χ3n) is 5.72.